The van der Waals surface area contributed by atoms with E-state index in [0.717, 1.165) is 11.0 Å². The molecule has 7 heteroatoms. The van der Waals surface area contributed by atoms with Crippen LogP contribution >= 0.6 is 0 Å². The third-order valence-corrected chi connectivity index (χ3v) is 4.37. The lowest BCUT2D eigenvalue weighted by Gasteiger charge is -2.32. The van der Waals surface area contributed by atoms with E-state index in [-0.39, 0.29) is 11.2 Å². The van der Waals surface area contributed by atoms with Crippen LogP contribution in [0.4, 0.5) is 5.69 Å². The standard InChI is InChI=1S/C16H26BN3O3/c1-15(2)16(3,4)23-17(22-15)12(9-19-5)7-11-8-13(18)10-20-14(11)21-6/h7-8,10,19H,9,18H2,1-6H3. The Hall–Kier alpha value is -1.57. The molecule has 0 saturated carbocycles. The lowest BCUT2D eigenvalue weighted by Crippen LogP contribution is -2.41. The Morgan fingerprint density at radius 1 is 1.35 bits per heavy atom. The molecule has 2 rings (SSSR count). The van der Waals surface area contributed by atoms with Gasteiger partial charge in [-0.05, 0) is 46.3 Å². The Kier molecular flexibility index (Phi) is 5.03. The maximum absolute atomic E-state index is 6.13. The zero-order valence-electron chi connectivity index (χ0n) is 14.8. The molecule has 0 aliphatic carbocycles. The van der Waals surface area contributed by atoms with Crippen LogP contribution in [0, 0.1) is 0 Å². The van der Waals surface area contributed by atoms with Crippen LogP contribution in [0.25, 0.3) is 6.08 Å². The highest BCUT2D eigenvalue weighted by Gasteiger charge is 2.52. The average molecular weight is 319 g/mol. The molecule has 1 saturated heterocycles. The minimum atomic E-state index is -0.432. The van der Waals surface area contributed by atoms with Gasteiger partial charge in [0.1, 0.15) is 0 Å². The minimum absolute atomic E-state index is 0.386. The average Bonchev–Trinajstić information content (AvgIpc) is 2.67. The number of anilines is 1. The SMILES string of the molecule is CNCC(=Cc1cc(N)cnc1OC)B1OC(C)(C)C(C)(C)O1. The monoisotopic (exact) mass is 319 g/mol. The molecule has 1 aromatic heterocycles. The Balaban J connectivity index is 2.38. The fourth-order valence-electron chi connectivity index (χ4n) is 2.36. The zero-order chi connectivity index (χ0) is 17.3. The highest BCUT2D eigenvalue weighted by Crippen LogP contribution is 2.39. The van der Waals surface area contributed by atoms with Crippen molar-refractivity contribution < 1.29 is 14.0 Å². The molecule has 0 bridgehead atoms. The Morgan fingerprint density at radius 2 is 1.96 bits per heavy atom. The van der Waals surface area contributed by atoms with Gasteiger partial charge in [-0.3, -0.25) is 0 Å². The minimum Gasteiger partial charge on any atom is -0.481 e. The third-order valence-electron chi connectivity index (χ3n) is 4.37. The predicted octanol–water partition coefficient (Wildman–Crippen LogP) is 1.91. The van der Waals surface area contributed by atoms with Crippen LogP contribution in [0.5, 0.6) is 5.88 Å². The van der Waals surface area contributed by atoms with Gasteiger partial charge in [0.05, 0.1) is 30.2 Å². The molecule has 3 N–H and O–H groups in total. The summed E-state index contributed by atoms with van der Waals surface area (Å²) in [5.41, 5.74) is 7.41. The van der Waals surface area contributed by atoms with Crippen LogP contribution in [-0.2, 0) is 9.31 Å². The van der Waals surface area contributed by atoms with Crippen LogP contribution in [0.2, 0.25) is 0 Å². The van der Waals surface area contributed by atoms with Gasteiger partial charge in [-0.2, -0.15) is 0 Å². The van der Waals surface area contributed by atoms with Gasteiger partial charge < -0.3 is 25.1 Å². The molecular formula is C16H26BN3O3. The van der Waals surface area contributed by atoms with Crippen molar-refractivity contribution >= 4 is 18.9 Å². The topological polar surface area (TPSA) is 78.6 Å². The van der Waals surface area contributed by atoms with Crippen LogP contribution in [0.15, 0.2) is 17.7 Å². The van der Waals surface area contributed by atoms with Gasteiger partial charge in [0.2, 0.25) is 5.88 Å². The summed E-state index contributed by atoms with van der Waals surface area (Å²) in [5.74, 6) is 0.518. The lowest BCUT2D eigenvalue weighted by molar-refractivity contribution is 0.00578. The fraction of sp³-hybridized carbons (Fsp3) is 0.562. The normalized spacial score (nSPS) is 19.9. The van der Waals surface area contributed by atoms with Crippen LogP contribution in [0.1, 0.15) is 33.3 Å². The highest BCUT2D eigenvalue weighted by atomic mass is 16.7. The molecule has 0 amide bonds. The van der Waals surface area contributed by atoms with Crippen molar-refractivity contribution in [2.45, 2.75) is 38.9 Å². The van der Waals surface area contributed by atoms with E-state index in [1.807, 2.05) is 46.9 Å². The summed E-state index contributed by atoms with van der Waals surface area (Å²) < 4.78 is 17.6. The molecule has 0 aromatic carbocycles. The number of ether oxygens (including phenoxy) is 1. The first-order valence-corrected chi connectivity index (χ1v) is 7.70. The maximum atomic E-state index is 6.13. The van der Waals surface area contributed by atoms with Gasteiger partial charge in [-0.15, -0.1) is 0 Å². The Morgan fingerprint density at radius 3 is 2.48 bits per heavy atom. The molecule has 6 nitrogen and oxygen atoms in total. The summed E-state index contributed by atoms with van der Waals surface area (Å²) in [6.07, 6.45) is 3.53. The quantitative estimate of drug-likeness (QED) is 0.807. The summed E-state index contributed by atoms with van der Waals surface area (Å²) >= 11 is 0. The highest BCUT2D eigenvalue weighted by molar-refractivity contribution is 6.56. The molecule has 0 unspecified atom stereocenters. The first-order chi connectivity index (χ1) is 10.7. The van der Waals surface area contributed by atoms with Crippen molar-refractivity contribution in [3.05, 3.63) is 23.3 Å². The second-order valence-corrected chi connectivity index (χ2v) is 6.70. The van der Waals surface area contributed by atoms with E-state index in [1.165, 1.54) is 0 Å². The number of rotatable bonds is 5. The smallest absolute Gasteiger partial charge is 0.481 e. The number of likely N-dealkylation sites (N-methyl/N-ethyl adjacent to an activating group) is 1. The largest absolute Gasteiger partial charge is 0.491 e. The first-order valence-electron chi connectivity index (χ1n) is 7.70. The van der Waals surface area contributed by atoms with Crippen molar-refractivity contribution in [1.29, 1.82) is 0 Å². The van der Waals surface area contributed by atoms with Gasteiger partial charge >= 0.3 is 7.12 Å². The van der Waals surface area contributed by atoms with Crippen LogP contribution in [-0.4, -0.2) is 44.0 Å². The van der Waals surface area contributed by atoms with Crippen molar-refractivity contribution in [3.8, 4) is 5.88 Å². The molecule has 1 fully saturated rings. The molecule has 126 valence electrons. The molecule has 1 aliphatic heterocycles. The van der Waals surface area contributed by atoms with Crippen molar-refractivity contribution in [1.82, 2.24) is 10.3 Å². The second-order valence-electron chi connectivity index (χ2n) is 6.70. The Labute approximate surface area is 138 Å². The van der Waals surface area contributed by atoms with E-state index in [4.69, 9.17) is 19.8 Å². The summed E-state index contributed by atoms with van der Waals surface area (Å²) in [7, 11) is 3.04. The number of pyridine rings is 1. The Bertz CT molecular complexity index is 586. The molecule has 1 aliphatic rings. The summed E-state index contributed by atoms with van der Waals surface area (Å²) in [4.78, 5) is 4.20. The van der Waals surface area contributed by atoms with E-state index in [2.05, 4.69) is 10.3 Å². The van der Waals surface area contributed by atoms with E-state index < -0.39 is 7.12 Å². The van der Waals surface area contributed by atoms with E-state index >= 15 is 0 Å². The van der Waals surface area contributed by atoms with E-state index in [1.54, 1.807) is 13.3 Å². The number of nitrogens with zero attached hydrogens (tertiary/aromatic N) is 1. The molecule has 23 heavy (non-hydrogen) atoms. The second kappa shape index (κ2) is 6.51. The molecule has 0 radical (unpaired) electrons. The van der Waals surface area contributed by atoms with E-state index in [9.17, 15) is 0 Å². The number of methoxy groups -OCH3 is 1. The first kappa shape index (κ1) is 17.8. The number of nitrogens with two attached hydrogens (primary N) is 1. The summed E-state index contributed by atoms with van der Waals surface area (Å²) in [5, 5.41) is 3.15. The van der Waals surface area contributed by atoms with Gasteiger partial charge in [-0.25, -0.2) is 4.98 Å². The van der Waals surface area contributed by atoms with Crippen LogP contribution < -0.4 is 15.8 Å². The number of aromatic nitrogens is 1. The fourth-order valence-corrected chi connectivity index (χ4v) is 2.36. The number of nitrogen functional groups attached to an aromatic ring is 1. The van der Waals surface area contributed by atoms with Crippen molar-refractivity contribution in [2.24, 2.45) is 0 Å². The maximum Gasteiger partial charge on any atom is 0.491 e. The predicted molar refractivity (Wildman–Crippen MR) is 93.2 cm³/mol. The zero-order valence-corrected chi connectivity index (χ0v) is 14.8. The number of nitrogens with one attached hydrogen (secondary N) is 1. The lowest BCUT2D eigenvalue weighted by atomic mass is 9.77. The van der Waals surface area contributed by atoms with Gasteiger partial charge in [-0.1, -0.05) is 6.08 Å². The third kappa shape index (κ3) is 3.68. The van der Waals surface area contributed by atoms with E-state index in [0.29, 0.717) is 18.1 Å². The molecule has 2 heterocycles. The number of hydrogen-bond acceptors (Lipinski definition) is 6. The molecule has 0 atom stereocenters. The number of hydrogen-bond donors (Lipinski definition) is 2. The van der Waals surface area contributed by atoms with Crippen LogP contribution in [0.3, 0.4) is 0 Å². The summed E-state index contributed by atoms with van der Waals surface area (Å²) in [6, 6.07) is 1.83. The summed E-state index contributed by atoms with van der Waals surface area (Å²) in [6.45, 7) is 8.76. The van der Waals surface area contributed by atoms with Gasteiger partial charge in [0, 0.05) is 12.1 Å². The van der Waals surface area contributed by atoms with Gasteiger partial charge in [0.15, 0.2) is 0 Å². The van der Waals surface area contributed by atoms with Gasteiger partial charge in [0.25, 0.3) is 0 Å². The molecular weight excluding hydrogens is 293 g/mol. The molecule has 1 aromatic rings. The van der Waals surface area contributed by atoms with Crippen molar-refractivity contribution in [3.63, 3.8) is 0 Å². The van der Waals surface area contributed by atoms with Crippen molar-refractivity contribution in [2.75, 3.05) is 26.4 Å². The molecule has 0 spiro atoms.